The molecule has 0 aliphatic heterocycles. The zero-order chi connectivity index (χ0) is 11.5. The van der Waals surface area contributed by atoms with E-state index in [1.165, 1.54) is 4.88 Å². The highest BCUT2D eigenvalue weighted by Crippen LogP contribution is 2.30. The van der Waals surface area contributed by atoms with Gasteiger partial charge in [-0.15, -0.1) is 11.3 Å². The molecule has 0 aliphatic rings. The summed E-state index contributed by atoms with van der Waals surface area (Å²) in [5, 5.41) is 4.38. The third-order valence-corrected chi connectivity index (χ3v) is 3.99. The van der Waals surface area contributed by atoms with Crippen molar-refractivity contribution in [1.29, 1.82) is 0 Å². The molecule has 0 atom stereocenters. The Balaban J connectivity index is 2.11. The van der Waals surface area contributed by atoms with E-state index in [1.54, 1.807) is 17.4 Å². The number of anilines is 1. The summed E-state index contributed by atoms with van der Waals surface area (Å²) in [5.41, 5.74) is 3.74. The predicted molar refractivity (Wildman–Crippen MR) is 70.6 cm³/mol. The number of rotatable bonds is 3. The summed E-state index contributed by atoms with van der Waals surface area (Å²) >= 11 is 13.6. The predicted octanol–water partition coefficient (Wildman–Crippen LogP) is 4.37. The Kier molecular flexibility index (Phi) is 3.69. The minimum Gasteiger partial charge on any atom is -0.379 e. The van der Waals surface area contributed by atoms with Gasteiger partial charge in [-0.25, -0.2) is 4.98 Å². The molecular formula is C11H10Cl2N2S. The van der Waals surface area contributed by atoms with Crippen molar-refractivity contribution >= 4 is 40.2 Å². The van der Waals surface area contributed by atoms with E-state index < -0.39 is 0 Å². The summed E-state index contributed by atoms with van der Waals surface area (Å²) < 4.78 is 0. The van der Waals surface area contributed by atoms with Crippen molar-refractivity contribution in [2.75, 3.05) is 5.32 Å². The average molecular weight is 273 g/mol. The van der Waals surface area contributed by atoms with Crippen molar-refractivity contribution < 1.29 is 0 Å². The van der Waals surface area contributed by atoms with Gasteiger partial charge in [-0.3, -0.25) is 0 Å². The van der Waals surface area contributed by atoms with Crippen LogP contribution in [0.3, 0.4) is 0 Å². The number of hydrogen-bond acceptors (Lipinski definition) is 3. The monoisotopic (exact) mass is 272 g/mol. The molecule has 1 N–H and O–H groups in total. The second kappa shape index (κ2) is 5.04. The summed E-state index contributed by atoms with van der Waals surface area (Å²) in [4.78, 5) is 5.39. The van der Waals surface area contributed by atoms with Crippen molar-refractivity contribution in [1.82, 2.24) is 4.98 Å². The van der Waals surface area contributed by atoms with Gasteiger partial charge in [0.05, 0.1) is 33.5 Å². The minimum atomic E-state index is 0.561. The second-order valence-corrected chi connectivity index (χ2v) is 5.04. The van der Waals surface area contributed by atoms with Crippen LogP contribution in [0.15, 0.2) is 23.7 Å². The highest BCUT2D eigenvalue weighted by molar-refractivity contribution is 7.09. The first kappa shape index (κ1) is 11.7. The molecule has 0 fully saturated rings. The van der Waals surface area contributed by atoms with Crippen LogP contribution in [0.25, 0.3) is 0 Å². The smallest absolute Gasteiger partial charge is 0.0823 e. The van der Waals surface area contributed by atoms with E-state index in [2.05, 4.69) is 10.3 Å². The van der Waals surface area contributed by atoms with Crippen molar-refractivity contribution in [3.63, 3.8) is 0 Å². The molecule has 2 aromatic rings. The average Bonchev–Trinajstić information content (AvgIpc) is 2.67. The van der Waals surface area contributed by atoms with E-state index in [4.69, 9.17) is 23.2 Å². The molecule has 2 nitrogen and oxygen atoms in total. The van der Waals surface area contributed by atoms with E-state index in [0.29, 0.717) is 10.0 Å². The third-order valence-electron chi connectivity index (χ3n) is 2.24. The SMILES string of the molecule is Cc1ncsc1CNc1cccc(Cl)c1Cl. The molecule has 2 rings (SSSR count). The summed E-state index contributed by atoms with van der Waals surface area (Å²) in [6.45, 7) is 2.71. The van der Waals surface area contributed by atoms with Crippen LogP contribution < -0.4 is 5.32 Å². The highest BCUT2D eigenvalue weighted by atomic mass is 35.5. The molecule has 0 bridgehead atoms. The fraction of sp³-hybridized carbons (Fsp3) is 0.182. The number of aryl methyl sites for hydroxylation is 1. The van der Waals surface area contributed by atoms with Gasteiger partial charge >= 0.3 is 0 Å². The van der Waals surface area contributed by atoms with E-state index in [9.17, 15) is 0 Å². The van der Waals surface area contributed by atoms with Gasteiger partial charge in [-0.1, -0.05) is 29.3 Å². The van der Waals surface area contributed by atoms with Crippen molar-refractivity contribution in [2.24, 2.45) is 0 Å². The Morgan fingerprint density at radius 1 is 1.38 bits per heavy atom. The van der Waals surface area contributed by atoms with Gasteiger partial charge in [0.25, 0.3) is 0 Å². The first-order valence-corrected chi connectivity index (χ1v) is 6.39. The van der Waals surface area contributed by atoms with Crippen molar-refractivity contribution in [3.8, 4) is 0 Å². The fourth-order valence-electron chi connectivity index (χ4n) is 1.31. The lowest BCUT2D eigenvalue weighted by Crippen LogP contribution is -1.99. The zero-order valence-corrected chi connectivity index (χ0v) is 11.0. The Labute approximate surface area is 108 Å². The molecule has 84 valence electrons. The quantitative estimate of drug-likeness (QED) is 0.898. The first-order chi connectivity index (χ1) is 7.68. The number of halogens is 2. The third kappa shape index (κ3) is 2.48. The van der Waals surface area contributed by atoms with Gasteiger partial charge in [-0.05, 0) is 19.1 Å². The van der Waals surface area contributed by atoms with Crippen LogP contribution in [-0.2, 0) is 6.54 Å². The molecule has 16 heavy (non-hydrogen) atoms. The van der Waals surface area contributed by atoms with Crippen molar-refractivity contribution in [3.05, 3.63) is 44.3 Å². The maximum absolute atomic E-state index is 6.07. The lowest BCUT2D eigenvalue weighted by molar-refractivity contribution is 1.12. The molecule has 1 aromatic carbocycles. The molecule has 0 aliphatic carbocycles. The molecule has 5 heteroatoms. The molecule has 0 radical (unpaired) electrons. The second-order valence-electron chi connectivity index (χ2n) is 3.32. The summed E-state index contributed by atoms with van der Waals surface area (Å²) in [5.74, 6) is 0. The molecule has 0 spiro atoms. The molecular weight excluding hydrogens is 263 g/mol. The molecule has 1 heterocycles. The molecule has 0 amide bonds. The molecule has 0 saturated carbocycles. The fourth-order valence-corrected chi connectivity index (χ4v) is 2.40. The maximum atomic E-state index is 6.07. The van der Waals surface area contributed by atoms with Gasteiger partial charge in [0.1, 0.15) is 0 Å². The van der Waals surface area contributed by atoms with Crippen LogP contribution in [0.1, 0.15) is 10.6 Å². The first-order valence-electron chi connectivity index (χ1n) is 4.75. The topological polar surface area (TPSA) is 24.9 Å². The van der Waals surface area contributed by atoms with Crippen LogP contribution in [-0.4, -0.2) is 4.98 Å². The summed E-state index contributed by atoms with van der Waals surface area (Å²) in [6.07, 6.45) is 0. The van der Waals surface area contributed by atoms with Crippen molar-refractivity contribution in [2.45, 2.75) is 13.5 Å². The lowest BCUT2D eigenvalue weighted by atomic mass is 10.3. The Bertz CT molecular complexity index is 496. The standard InChI is InChI=1S/C11H10Cl2N2S/c1-7-10(16-6-15-7)5-14-9-4-2-3-8(12)11(9)13/h2-4,6,14H,5H2,1H3. The van der Waals surface area contributed by atoms with E-state index in [0.717, 1.165) is 17.9 Å². The number of benzene rings is 1. The molecule has 1 aromatic heterocycles. The Morgan fingerprint density at radius 3 is 2.88 bits per heavy atom. The van der Waals surface area contributed by atoms with Gasteiger partial charge in [-0.2, -0.15) is 0 Å². The Morgan fingerprint density at radius 2 is 2.19 bits per heavy atom. The normalized spacial score (nSPS) is 10.4. The van der Waals surface area contributed by atoms with Crippen LogP contribution in [0.4, 0.5) is 5.69 Å². The summed E-state index contributed by atoms with van der Waals surface area (Å²) in [6, 6.07) is 5.55. The van der Waals surface area contributed by atoms with E-state index in [-0.39, 0.29) is 0 Å². The maximum Gasteiger partial charge on any atom is 0.0823 e. The van der Waals surface area contributed by atoms with Crippen LogP contribution in [0, 0.1) is 6.92 Å². The van der Waals surface area contributed by atoms with Crippen LogP contribution in [0.2, 0.25) is 10.0 Å². The summed E-state index contributed by atoms with van der Waals surface area (Å²) in [7, 11) is 0. The number of nitrogens with zero attached hydrogens (tertiary/aromatic N) is 1. The minimum absolute atomic E-state index is 0.561. The van der Waals surface area contributed by atoms with Gasteiger partial charge in [0.2, 0.25) is 0 Å². The lowest BCUT2D eigenvalue weighted by Gasteiger charge is -2.08. The Hall–Kier alpha value is -0.770. The number of nitrogens with one attached hydrogen (secondary N) is 1. The van der Waals surface area contributed by atoms with Crippen LogP contribution in [0.5, 0.6) is 0 Å². The number of thiazole rings is 1. The van der Waals surface area contributed by atoms with Gasteiger partial charge < -0.3 is 5.32 Å². The number of hydrogen-bond donors (Lipinski definition) is 1. The molecule has 0 saturated heterocycles. The van der Waals surface area contributed by atoms with E-state index >= 15 is 0 Å². The van der Waals surface area contributed by atoms with Gasteiger partial charge in [0, 0.05) is 4.88 Å². The van der Waals surface area contributed by atoms with Gasteiger partial charge in [0.15, 0.2) is 0 Å². The highest BCUT2D eigenvalue weighted by Gasteiger charge is 2.05. The van der Waals surface area contributed by atoms with Crippen LogP contribution >= 0.6 is 34.5 Å². The zero-order valence-electron chi connectivity index (χ0n) is 8.63. The van der Waals surface area contributed by atoms with E-state index in [1.807, 2.05) is 24.6 Å². The number of aromatic nitrogens is 1. The molecule has 0 unspecified atom stereocenters. The largest absolute Gasteiger partial charge is 0.379 e.